The average Bonchev–Trinajstić information content (AvgIpc) is 3.10. The van der Waals surface area contributed by atoms with Gasteiger partial charge < -0.3 is 10.1 Å². The minimum Gasteiger partial charge on any atom is -0.489 e. The zero-order chi connectivity index (χ0) is 20.1. The maximum absolute atomic E-state index is 13.3. The lowest BCUT2D eigenvalue weighted by Crippen LogP contribution is -2.33. The number of rotatable bonds is 7. The lowest BCUT2D eigenvalue weighted by molar-refractivity contribution is 0.0921. The van der Waals surface area contributed by atoms with Crippen molar-refractivity contribution < 1.29 is 13.9 Å². The van der Waals surface area contributed by atoms with E-state index < -0.39 is 0 Å². The summed E-state index contributed by atoms with van der Waals surface area (Å²) in [5.74, 6) is 0.841. The summed E-state index contributed by atoms with van der Waals surface area (Å²) in [5.41, 5.74) is 1.20. The smallest absolute Gasteiger partial charge is 0.252 e. The van der Waals surface area contributed by atoms with Crippen LogP contribution in [0.5, 0.6) is 5.75 Å². The molecule has 2 aromatic carbocycles. The highest BCUT2D eigenvalue weighted by Gasteiger charge is 2.23. The average molecular weight is 382 g/mol. The van der Waals surface area contributed by atoms with Crippen LogP contribution in [0.4, 0.5) is 4.39 Å². The molecule has 0 fully saturated rings. The van der Waals surface area contributed by atoms with Crippen LogP contribution in [0, 0.1) is 11.7 Å². The molecule has 1 atom stereocenters. The molecule has 28 heavy (non-hydrogen) atoms. The second-order valence-corrected chi connectivity index (χ2v) is 6.88. The van der Waals surface area contributed by atoms with Crippen molar-refractivity contribution in [2.75, 3.05) is 0 Å². The maximum atomic E-state index is 13.3. The number of hydrogen-bond donors (Lipinski definition) is 1. The highest BCUT2D eigenvalue weighted by molar-refractivity contribution is 5.94. The standard InChI is InChI=1S/C21H23FN4O2/c1-14(2)19(20-23-13-24-26(20)3)25-21(27)16-7-5-9-18(11-16)28-12-15-6-4-8-17(22)10-15/h4-11,13-14,19H,12H2,1-3H3,(H,25,27). The SMILES string of the molecule is CC(C)C(NC(=O)c1cccc(OCc2cccc(F)c2)c1)c1ncnn1C. The number of benzene rings is 2. The normalized spacial score (nSPS) is 12.0. The van der Waals surface area contributed by atoms with Crippen LogP contribution in [0.1, 0.15) is 41.6 Å². The van der Waals surface area contributed by atoms with Crippen molar-refractivity contribution in [1.82, 2.24) is 20.1 Å². The summed E-state index contributed by atoms with van der Waals surface area (Å²) >= 11 is 0. The number of hydrogen-bond acceptors (Lipinski definition) is 4. The first kappa shape index (κ1) is 19.5. The largest absolute Gasteiger partial charge is 0.489 e. The van der Waals surface area contributed by atoms with E-state index in [4.69, 9.17) is 4.74 Å². The van der Waals surface area contributed by atoms with Gasteiger partial charge in [0, 0.05) is 12.6 Å². The van der Waals surface area contributed by atoms with Gasteiger partial charge in [-0.3, -0.25) is 9.48 Å². The third-order valence-corrected chi connectivity index (χ3v) is 4.37. The summed E-state index contributed by atoms with van der Waals surface area (Å²) in [7, 11) is 1.80. The van der Waals surface area contributed by atoms with Crippen molar-refractivity contribution in [2.45, 2.75) is 26.5 Å². The molecule has 0 aliphatic heterocycles. The van der Waals surface area contributed by atoms with E-state index in [9.17, 15) is 9.18 Å². The summed E-state index contributed by atoms with van der Waals surface area (Å²) in [4.78, 5) is 17.0. The lowest BCUT2D eigenvalue weighted by Gasteiger charge is -2.21. The van der Waals surface area contributed by atoms with Crippen LogP contribution in [0.3, 0.4) is 0 Å². The van der Waals surface area contributed by atoms with Crippen LogP contribution in [0.15, 0.2) is 54.9 Å². The van der Waals surface area contributed by atoms with Crippen molar-refractivity contribution in [2.24, 2.45) is 13.0 Å². The second kappa shape index (κ2) is 8.65. The molecule has 0 saturated heterocycles. The molecule has 7 heteroatoms. The van der Waals surface area contributed by atoms with E-state index in [0.717, 1.165) is 5.56 Å². The van der Waals surface area contributed by atoms with Gasteiger partial charge in [0.05, 0.1) is 6.04 Å². The van der Waals surface area contributed by atoms with Crippen molar-refractivity contribution >= 4 is 5.91 Å². The monoisotopic (exact) mass is 382 g/mol. The number of ether oxygens (including phenoxy) is 1. The molecule has 1 aromatic heterocycles. The van der Waals surface area contributed by atoms with Crippen LogP contribution >= 0.6 is 0 Å². The molecular weight excluding hydrogens is 359 g/mol. The van der Waals surface area contributed by atoms with E-state index in [-0.39, 0.29) is 30.3 Å². The van der Waals surface area contributed by atoms with E-state index in [2.05, 4.69) is 15.4 Å². The van der Waals surface area contributed by atoms with Crippen LogP contribution in [0.25, 0.3) is 0 Å². The number of nitrogens with zero attached hydrogens (tertiary/aromatic N) is 3. The fraction of sp³-hybridized carbons (Fsp3) is 0.286. The minimum absolute atomic E-state index is 0.138. The molecule has 1 N–H and O–H groups in total. The Labute approximate surface area is 163 Å². The summed E-state index contributed by atoms with van der Waals surface area (Å²) in [6.45, 7) is 4.24. The molecule has 0 spiro atoms. The van der Waals surface area contributed by atoms with Gasteiger partial charge in [-0.2, -0.15) is 5.10 Å². The predicted octanol–water partition coefficient (Wildman–Crippen LogP) is 3.66. The van der Waals surface area contributed by atoms with Gasteiger partial charge in [0.2, 0.25) is 0 Å². The Balaban J connectivity index is 1.70. The molecular formula is C21H23FN4O2. The van der Waals surface area contributed by atoms with Crippen molar-refractivity contribution in [3.8, 4) is 5.75 Å². The minimum atomic E-state index is -0.308. The van der Waals surface area contributed by atoms with E-state index in [1.807, 2.05) is 13.8 Å². The van der Waals surface area contributed by atoms with E-state index in [1.165, 1.54) is 18.5 Å². The first-order valence-corrected chi connectivity index (χ1v) is 9.06. The highest BCUT2D eigenvalue weighted by atomic mass is 19.1. The topological polar surface area (TPSA) is 69.0 Å². The quantitative estimate of drug-likeness (QED) is 0.677. The molecule has 3 aromatic rings. The van der Waals surface area contributed by atoms with E-state index in [1.54, 1.807) is 48.1 Å². The van der Waals surface area contributed by atoms with Gasteiger partial charge in [-0.15, -0.1) is 0 Å². The molecule has 0 bridgehead atoms. The predicted molar refractivity (Wildman–Crippen MR) is 103 cm³/mol. The van der Waals surface area contributed by atoms with Crippen molar-refractivity contribution in [1.29, 1.82) is 0 Å². The molecule has 0 aliphatic carbocycles. The summed E-state index contributed by atoms with van der Waals surface area (Å²) in [6, 6.07) is 12.9. The zero-order valence-corrected chi connectivity index (χ0v) is 16.1. The number of halogens is 1. The number of aromatic nitrogens is 3. The Morgan fingerprint density at radius 1 is 1.21 bits per heavy atom. The first-order valence-electron chi connectivity index (χ1n) is 9.06. The van der Waals surface area contributed by atoms with Gasteiger partial charge in [0.25, 0.3) is 5.91 Å². The molecule has 146 valence electrons. The first-order chi connectivity index (χ1) is 13.4. The molecule has 1 heterocycles. The fourth-order valence-electron chi connectivity index (χ4n) is 2.86. The Bertz CT molecular complexity index is 955. The molecule has 6 nitrogen and oxygen atoms in total. The Hall–Kier alpha value is -3.22. The number of carbonyl (C=O) groups is 1. The van der Waals surface area contributed by atoms with Crippen LogP contribution < -0.4 is 10.1 Å². The van der Waals surface area contributed by atoms with Gasteiger partial charge >= 0.3 is 0 Å². The molecule has 0 radical (unpaired) electrons. The van der Waals surface area contributed by atoms with E-state index >= 15 is 0 Å². The lowest BCUT2D eigenvalue weighted by atomic mass is 10.0. The molecule has 1 unspecified atom stereocenters. The summed E-state index contributed by atoms with van der Waals surface area (Å²) in [5, 5.41) is 7.10. The third-order valence-electron chi connectivity index (χ3n) is 4.37. The van der Waals surface area contributed by atoms with Gasteiger partial charge in [0.1, 0.15) is 30.3 Å². The fourth-order valence-corrected chi connectivity index (χ4v) is 2.86. The van der Waals surface area contributed by atoms with Gasteiger partial charge in [-0.05, 0) is 41.8 Å². The van der Waals surface area contributed by atoms with Crippen LogP contribution in [0.2, 0.25) is 0 Å². The van der Waals surface area contributed by atoms with Gasteiger partial charge in [-0.25, -0.2) is 9.37 Å². The second-order valence-electron chi connectivity index (χ2n) is 6.88. The zero-order valence-electron chi connectivity index (χ0n) is 16.1. The maximum Gasteiger partial charge on any atom is 0.252 e. The number of carbonyl (C=O) groups excluding carboxylic acids is 1. The van der Waals surface area contributed by atoms with Crippen molar-refractivity contribution in [3.63, 3.8) is 0 Å². The summed E-state index contributed by atoms with van der Waals surface area (Å²) < 4.78 is 20.6. The molecule has 3 rings (SSSR count). The Morgan fingerprint density at radius 2 is 2.00 bits per heavy atom. The van der Waals surface area contributed by atoms with Crippen LogP contribution in [-0.4, -0.2) is 20.7 Å². The third kappa shape index (κ3) is 4.73. The molecule has 0 saturated carbocycles. The Morgan fingerprint density at radius 3 is 2.68 bits per heavy atom. The summed E-state index contributed by atoms with van der Waals surface area (Å²) in [6.07, 6.45) is 1.47. The van der Waals surface area contributed by atoms with Gasteiger partial charge in [0.15, 0.2) is 0 Å². The van der Waals surface area contributed by atoms with Gasteiger partial charge in [-0.1, -0.05) is 32.0 Å². The van der Waals surface area contributed by atoms with Crippen LogP contribution in [-0.2, 0) is 13.7 Å². The number of amides is 1. The highest BCUT2D eigenvalue weighted by Crippen LogP contribution is 2.21. The van der Waals surface area contributed by atoms with Crippen molar-refractivity contribution in [3.05, 3.63) is 77.6 Å². The molecule has 0 aliphatic rings. The van der Waals surface area contributed by atoms with E-state index in [0.29, 0.717) is 17.1 Å². The number of nitrogens with one attached hydrogen (secondary N) is 1. The Kier molecular flexibility index (Phi) is 6.03. The molecule has 1 amide bonds. The number of aryl methyl sites for hydroxylation is 1.